The first kappa shape index (κ1) is 20.3. The van der Waals surface area contributed by atoms with Crippen molar-refractivity contribution in [2.24, 2.45) is 14.1 Å². The molecule has 1 saturated heterocycles. The maximum Gasteiger partial charge on any atom is 0.332 e. The number of benzene rings is 1. The second kappa shape index (κ2) is 7.70. The molecule has 0 aliphatic carbocycles. The third-order valence-corrected chi connectivity index (χ3v) is 5.98. The van der Waals surface area contributed by atoms with Gasteiger partial charge >= 0.3 is 5.69 Å². The Balaban J connectivity index is 1.65. The Morgan fingerprint density at radius 1 is 1.13 bits per heavy atom. The van der Waals surface area contributed by atoms with E-state index in [1.54, 1.807) is 7.05 Å². The number of aryl methyl sites for hydroxylation is 1. The topological polar surface area (TPSA) is 89.2 Å². The Morgan fingerprint density at radius 2 is 1.83 bits per heavy atom. The minimum Gasteiger partial charge on any atom is -0.347 e. The molecule has 156 valence electrons. The molecule has 0 radical (unpaired) electrons. The number of rotatable bonds is 3. The quantitative estimate of drug-likeness (QED) is 0.683. The van der Waals surface area contributed by atoms with Gasteiger partial charge in [-0.3, -0.25) is 23.6 Å². The fourth-order valence-corrected chi connectivity index (χ4v) is 4.21. The number of halogens is 1. The summed E-state index contributed by atoms with van der Waals surface area (Å²) in [6.45, 7) is 0.844. The molecule has 0 unspecified atom stereocenters. The number of hydrogen-bond acceptors (Lipinski definition) is 5. The standard InChI is InChI=1S/C21H22ClN5O3/c1-25-9-8-16(17(25)12-4-6-14(22)7-5-12)24-19(28)13-10-15-18(23-11-13)26(2)21(30)27(3)20(15)29/h4-7,10-11,16-17H,8-9H2,1-3H3,(H,24,28)/t16-,17-/m0/s1. The monoisotopic (exact) mass is 427 g/mol. The highest BCUT2D eigenvalue weighted by atomic mass is 35.5. The molecule has 3 heterocycles. The molecular weight excluding hydrogens is 406 g/mol. The molecule has 1 N–H and O–H groups in total. The molecule has 1 aromatic carbocycles. The van der Waals surface area contributed by atoms with Crippen molar-refractivity contribution in [2.45, 2.75) is 18.5 Å². The molecule has 0 spiro atoms. The number of likely N-dealkylation sites (tertiary alicyclic amines) is 1. The van der Waals surface area contributed by atoms with Crippen LogP contribution in [0.25, 0.3) is 11.0 Å². The number of carbonyl (C=O) groups is 1. The van der Waals surface area contributed by atoms with Gasteiger partial charge in [-0.05, 0) is 37.2 Å². The van der Waals surface area contributed by atoms with Gasteiger partial charge in [0, 0.05) is 31.9 Å². The van der Waals surface area contributed by atoms with Crippen LogP contribution in [0.4, 0.5) is 0 Å². The van der Waals surface area contributed by atoms with Crippen LogP contribution in [0.5, 0.6) is 0 Å². The van der Waals surface area contributed by atoms with Gasteiger partial charge in [-0.25, -0.2) is 9.78 Å². The molecular formula is C21H22ClN5O3. The van der Waals surface area contributed by atoms with Crippen molar-refractivity contribution in [2.75, 3.05) is 13.6 Å². The smallest absolute Gasteiger partial charge is 0.332 e. The number of hydrogen-bond donors (Lipinski definition) is 1. The largest absolute Gasteiger partial charge is 0.347 e. The minimum absolute atomic E-state index is 0.0216. The lowest BCUT2D eigenvalue weighted by atomic mass is 10.00. The Hall–Kier alpha value is -2.97. The van der Waals surface area contributed by atoms with Crippen LogP contribution >= 0.6 is 11.6 Å². The number of nitrogens with zero attached hydrogens (tertiary/aromatic N) is 4. The molecule has 9 heteroatoms. The molecule has 2 aromatic heterocycles. The Morgan fingerprint density at radius 3 is 2.53 bits per heavy atom. The van der Waals surface area contributed by atoms with Crippen LogP contribution in [0, 0.1) is 0 Å². The van der Waals surface area contributed by atoms with E-state index in [1.165, 1.54) is 23.9 Å². The summed E-state index contributed by atoms with van der Waals surface area (Å²) in [5.74, 6) is -0.306. The van der Waals surface area contributed by atoms with Crippen LogP contribution in [0.1, 0.15) is 28.4 Å². The molecule has 8 nitrogen and oxygen atoms in total. The normalized spacial score (nSPS) is 19.3. The SMILES string of the molecule is CN1CC[C@H](NC(=O)c2cnc3c(c2)c(=O)n(C)c(=O)n3C)[C@@H]1c1ccc(Cl)cc1. The fraction of sp³-hybridized carbons (Fsp3) is 0.333. The lowest BCUT2D eigenvalue weighted by Crippen LogP contribution is -2.39. The van der Waals surface area contributed by atoms with E-state index >= 15 is 0 Å². The van der Waals surface area contributed by atoms with Crippen molar-refractivity contribution in [3.8, 4) is 0 Å². The highest BCUT2D eigenvalue weighted by Gasteiger charge is 2.34. The van der Waals surface area contributed by atoms with Gasteiger partial charge in [-0.2, -0.15) is 0 Å². The van der Waals surface area contributed by atoms with E-state index in [0.29, 0.717) is 5.02 Å². The molecule has 0 saturated carbocycles. The first-order valence-corrected chi connectivity index (χ1v) is 9.98. The molecule has 1 aliphatic heterocycles. The Labute approximate surface area is 177 Å². The van der Waals surface area contributed by atoms with Gasteiger partial charge in [0.15, 0.2) is 0 Å². The van der Waals surface area contributed by atoms with E-state index < -0.39 is 11.2 Å². The molecule has 2 atom stereocenters. The van der Waals surface area contributed by atoms with Crippen LogP contribution < -0.4 is 16.6 Å². The lowest BCUT2D eigenvalue weighted by Gasteiger charge is -2.26. The van der Waals surface area contributed by atoms with Crippen LogP contribution in [-0.4, -0.2) is 44.6 Å². The maximum absolute atomic E-state index is 13.0. The third-order valence-electron chi connectivity index (χ3n) is 5.73. The average Bonchev–Trinajstić information content (AvgIpc) is 3.10. The van der Waals surface area contributed by atoms with Gasteiger partial charge in [-0.1, -0.05) is 23.7 Å². The van der Waals surface area contributed by atoms with Gasteiger partial charge in [0.2, 0.25) is 0 Å². The first-order valence-electron chi connectivity index (χ1n) is 9.60. The van der Waals surface area contributed by atoms with Gasteiger partial charge < -0.3 is 5.32 Å². The summed E-state index contributed by atoms with van der Waals surface area (Å²) in [6, 6.07) is 9.04. The Bertz CT molecular complexity index is 1250. The summed E-state index contributed by atoms with van der Waals surface area (Å²) >= 11 is 6.01. The zero-order valence-corrected chi connectivity index (χ0v) is 17.7. The summed E-state index contributed by atoms with van der Waals surface area (Å²) < 4.78 is 2.30. The predicted octanol–water partition coefficient (Wildman–Crippen LogP) is 1.46. The van der Waals surface area contributed by atoms with Crippen molar-refractivity contribution in [1.82, 2.24) is 24.3 Å². The van der Waals surface area contributed by atoms with E-state index in [1.807, 2.05) is 31.3 Å². The fourth-order valence-electron chi connectivity index (χ4n) is 4.09. The van der Waals surface area contributed by atoms with Gasteiger partial charge in [0.05, 0.1) is 23.0 Å². The van der Waals surface area contributed by atoms with Crippen molar-refractivity contribution in [1.29, 1.82) is 0 Å². The lowest BCUT2D eigenvalue weighted by molar-refractivity contribution is 0.0927. The number of aromatic nitrogens is 3. The maximum atomic E-state index is 13.0. The third kappa shape index (κ3) is 3.42. The van der Waals surface area contributed by atoms with Crippen LogP contribution in [-0.2, 0) is 14.1 Å². The minimum atomic E-state index is -0.477. The molecule has 4 rings (SSSR count). The van der Waals surface area contributed by atoms with Crippen molar-refractivity contribution >= 4 is 28.5 Å². The molecule has 3 aromatic rings. The second-order valence-electron chi connectivity index (χ2n) is 7.65. The van der Waals surface area contributed by atoms with E-state index in [0.717, 1.165) is 23.1 Å². The van der Waals surface area contributed by atoms with Gasteiger partial charge in [-0.15, -0.1) is 0 Å². The second-order valence-corrected chi connectivity index (χ2v) is 8.08. The number of fused-ring (bicyclic) bond motifs is 1. The molecule has 0 bridgehead atoms. The zero-order valence-electron chi connectivity index (χ0n) is 16.9. The summed E-state index contributed by atoms with van der Waals surface area (Å²) in [7, 11) is 4.97. The average molecular weight is 428 g/mol. The first-order chi connectivity index (χ1) is 14.3. The van der Waals surface area contributed by atoms with Gasteiger partial charge in [0.25, 0.3) is 11.5 Å². The number of carbonyl (C=O) groups excluding carboxylic acids is 1. The molecule has 1 amide bonds. The molecule has 30 heavy (non-hydrogen) atoms. The summed E-state index contributed by atoms with van der Waals surface area (Å²) in [6.07, 6.45) is 2.19. The van der Waals surface area contributed by atoms with Crippen LogP contribution in [0.3, 0.4) is 0 Å². The van der Waals surface area contributed by atoms with E-state index in [2.05, 4.69) is 15.2 Å². The zero-order chi connectivity index (χ0) is 21.6. The number of nitrogens with one attached hydrogen (secondary N) is 1. The predicted molar refractivity (Wildman–Crippen MR) is 115 cm³/mol. The van der Waals surface area contributed by atoms with Crippen molar-refractivity contribution in [3.05, 3.63) is 73.5 Å². The summed E-state index contributed by atoms with van der Waals surface area (Å²) in [5.41, 5.74) is 0.666. The van der Waals surface area contributed by atoms with Crippen LogP contribution in [0.2, 0.25) is 5.02 Å². The van der Waals surface area contributed by atoms with Crippen molar-refractivity contribution in [3.63, 3.8) is 0 Å². The molecule has 1 fully saturated rings. The van der Waals surface area contributed by atoms with Crippen molar-refractivity contribution < 1.29 is 4.79 Å². The molecule has 1 aliphatic rings. The summed E-state index contributed by atoms with van der Waals surface area (Å²) in [5, 5.41) is 3.97. The van der Waals surface area contributed by atoms with Crippen LogP contribution in [0.15, 0.2) is 46.1 Å². The number of amides is 1. The number of likely N-dealkylation sites (N-methyl/N-ethyl adjacent to an activating group) is 1. The highest BCUT2D eigenvalue weighted by Crippen LogP contribution is 2.31. The Kier molecular flexibility index (Phi) is 5.21. The van der Waals surface area contributed by atoms with Gasteiger partial charge in [0.1, 0.15) is 5.65 Å². The van der Waals surface area contributed by atoms with E-state index in [4.69, 9.17) is 11.6 Å². The number of pyridine rings is 1. The van der Waals surface area contributed by atoms with E-state index in [-0.39, 0.29) is 34.6 Å². The highest BCUT2D eigenvalue weighted by molar-refractivity contribution is 6.30. The van der Waals surface area contributed by atoms with E-state index in [9.17, 15) is 14.4 Å². The summed E-state index contributed by atoms with van der Waals surface area (Å²) in [4.78, 5) is 43.9.